The molecule has 2 saturated heterocycles. The lowest BCUT2D eigenvalue weighted by Gasteiger charge is -2.46. The molecule has 0 aliphatic carbocycles. The Labute approximate surface area is 388 Å². The molecular weight excluding hydrogens is 833 g/mol. The predicted molar refractivity (Wildman–Crippen MR) is 251 cm³/mol. The fourth-order valence-corrected chi connectivity index (χ4v) is 8.29. The Morgan fingerprint density at radius 2 is 0.515 bits per heavy atom. The number of ether oxygens (including phenoxy) is 10. The number of hydrogen-bond acceptors (Lipinski definition) is 10. The largest absolute Gasteiger partial charge is 0.368 e. The van der Waals surface area contributed by atoms with Crippen LogP contribution in [-0.2, 0) is 87.0 Å². The molecule has 0 amide bonds. The predicted octanol–water partition coefficient (Wildman–Crippen LogP) is 9.80. The van der Waals surface area contributed by atoms with Gasteiger partial charge in [0.1, 0.15) is 48.8 Å². The van der Waals surface area contributed by atoms with Gasteiger partial charge in [-0.05, 0) is 33.4 Å². The Morgan fingerprint density at radius 1 is 0.303 bits per heavy atom. The van der Waals surface area contributed by atoms with E-state index in [1.54, 1.807) is 14.2 Å². The zero-order chi connectivity index (χ0) is 45.2. The molecule has 0 saturated carbocycles. The van der Waals surface area contributed by atoms with Gasteiger partial charge >= 0.3 is 0 Å². The maximum absolute atomic E-state index is 6.89. The van der Waals surface area contributed by atoms with Crippen molar-refractivity contribution in [3.05, 3.63) is 228 Å². The summed E-state index contributed by atoms with van der Waals surface area (Å²) in [5, 5.41) is 0. The lowest BCUT2D eigenvalue weighted by Crippen LogP contribution is -2.61. The fourth-order valence-electron chi connectivity index (χ4n) is 8.29. The molecule has 66 heavy (non-hydrogen) atoms. The molecular formula is C56H60O10. The molecule has 2 fully saturated rings. The van der Waals surface area contributed by atoms with Crippen LogP contribution in [0.25, 0.3) is 0 Å². The summed E-state index contributed by atoms with van der Waals surface area (Å²) in [6.07, 6.45) is -2.98. The van der Waals surface area contributed by atoms with E-state index in [1.807, 2.05) is 194 Å². The third kappa shape index (κ3) is 13.2. The summed E-state index contributed by atoms with van der Waals surface area (Å²) in [4.78, 5) is 0. The molecule has 344 valence electrons. The second kappa shape index (κ2) is 25.0. The minimum absolute atomic E-state index is 0.303. The van der Waals surface area contributed by atoms with Gasteiger partial charge in [0.2, 0.25) is 0 Å². The van der Waals surface area contributed by atoms with Gasteiger partial charge in [-0.1, -0.05) is 194 Å². The number of benzene rings is 6. The molecule has 10 nitrogen and oxygen atoms in total. The molecule has 2 aliphatic rings. The minimum Gasteiger partial charge on any atom is -0.368 e. The molecule has 0 unspecified atom stereocenters. The summed E-state index contributed by atoms with van der Waals surface area (Å²) < 4.78 is 66.8. The molecule has 2 heterocycles. The number of methoxy groups -OCH3 is 2. The maximum Gasteiger partial charge on any atom is 0.186 e. The summed E-state index contributed by atoms with van der Waals surface area (Å²) in [5.41, 5.74) is 6.06. The zero-order valence-electron chi connectivity index (χ0n) is 37.6. The van der Waals surface area contributed by atoms with E-state index in [0.717, 1.165) is 33.4 Å². The quantitative estimate of drug-likeness (QED) is 0.0614. The first-order valence-electron chi connectivity index (χ1n) is 22.6. The Morgan fingerprint density at radius 3 is 0.742 bits per heavy atom. The van der Waals surface area contributed by atoms with Gasteiger partial charge in [0, 0.05) is 14.2 Å². The molecule has 8 rings (SSSR count). The van der Waals surface area contributed by atoms with Crippen molar-refractivity contribution in [1.29, 1.82) is 0 Å². The van der Waals surface area contributed by atoms with Gasteiger partial charge in [0.15, 0.2) is 12.6 Å². The molecule has 10 heteroatoms. The average Bonchev–Trinajstić information content (AvgIpc) is 3.38. The Bertz CT molecular complexity index is 2110. The van der Waals surface area contributed by atoms with Crippen molar-refractivity contribution in [2.75, 3.05) is 14.2 Å². The second-order valence-electron chi connectivity index (χ2n) is 16.4. The molecule has 6 aromatic carbocycles. The van der Waals surface area contributed by atoms with Gasteiger partial charge in [-0.25, -0.2) is 0 Å². The highest BCUT2D eigenvalue weighted by Crippen LogP contribution is 2.35. The molecule has 0 N–H and O–H groups in total. The summed E-state index contributed by atoms with van der Waals surface area (Å²) in [6, 6.07) is 60.3. The summed E-state index contributed by atoms with van der Waals surface area (Å²) >= 11 is 0. The Balaban J connectivity index is 1.14. The van der Waals surface area contributed by atoms with Crippen LogP contribution in [0.4, 0.5) is 0 Å². The molecule has 2 aliphatic heterocycles. The minimum atomic E-state index is -0.817. The van der Waals surface area contributed by atoms with Crippen LogP contribution in [0.1, 0.15) is 33.4 Å². The number of hydrogen-bond donors (Lipinski definition) is 0. The van der Waals surface area contributed by atoms with Crippen molar-refractivity contribution < 1.29 is 47.4 Å². The lowest BCUT2D eigenvalue weighted by molar-refractivity contribution is -0.312. The van der Waals surface area contributed by atoms with Crippen LogP contribution in [0, 0.1) is 0 Å². The molecule has 0 radical (unpaired) electrons. The summed E-state index contributed by atoms with van der Waals surface area (Å²) in [5.74, 6) is 0. The van der Waals surface area contributed by atoms with Crippen LogP contribution < -0.4 is 0 Å². The highest BCUT2D eigenvalue weighted by molar-refractivity contribution is 5.19. The van der Waals surface area contributed by atoms with Gasteiger partial charge in [0.05, 0.1) is 39.6 Å². The van der Waals surface area contributed by atoms with E-state index in [-0.39, 0.29) is 0 Å². The van der Waals surface area contributed by atoms with E-state index in [1.165, 1.54) is 0 Å². The lowest BCUT2D eigenvalue weighted by atomic mass is 9.94. The monoisotopic (exact) mass is 892 g/mol. The first kappa shape index (κ1) is 47.2. The average molecular weight is 893 g/mol. The van der Waals surface area contributed by atoms with Crippen molar-refractivity contribution in [3.63, 3.8) is 0 Å². The van der Waals surface area contributed by atoms with E-state index in [4.69, 9.17) is 47.4 Å². The van der Waals surface area contributed by atoms with Crippen LogP contribution >= 0.6 is 0 Å². The highest BCUT2D eigenvalue weighted by Gasteiger charge is 2.50. The first-order chi connectivity index (χ1) is 32.6. The highest BCUT2D eigenvalue weighted by atomic mass is 16.7. The standard InChI is InChI=1S/C56H60O10/c1-57-55-53(63-39-45-29-17-7-18-30-45)51(61-37-43-25-13-5-14-26-43)49(59-35-41-21-9-3-10-22-41)47(65-55)33-34-48-50(60-36-42-23-11-4-12-24-42)52(62-38-44-27-15-6-16-28-44)54(56(58-2)66-48)64-40-46-31-19-8-20-32-46/h3-34,47-56H,35-40H2,1-2H3/t47-,48-,49-,50-,51+,52+,53+,54+,55+,56+/m1/s1. The van der Waals surface area contributed by atoms with Crippen molar-refractivity contribution in [1.82, 2.24) is 0 Å². The third-order valence-corrected chi connectivity index (χ3v) is 11.7. The SMILES string of the molecule is CO[C@H]1O[C@H](C=C[C@H]2O[C@H](OC)[C@@H](OCc3ccccc3)[C@@H](OCc3ccccc3)[C@@H]2OCc2ccccc2)[C@@H](OCc2ccccc2)[C@H](OCc2ccccc2)[C@@H]1OCc1ccccc1. The van der Waals surface area contributed by atoms with Crippen LogP contribution in [-0.4, -0.2) is 75.6 Å². The van der Waals surface area contributed by atoms with E-state index in [9.17, 15) is 0 Å². The van der Waals surface area contributed by atoms with Crippen molar-refractivity contribution in [3.8, 4) is 0 Å². The maximum atomic E-state index is 6.89. The number of rotatable bonds is 22. The van der Waals surface area contributed by atoms with E-state index in [0.29, 0.717) is 39.6 Å². The van der Waals surface area contributed by atoms with Crippen LogP contribution in [0.15, 0.2) is 194 Å². The molecule has 10 atom stereocenters. The Hall–Kier alpha value is -5.34. The van der Waals surface area contributed by atoms with Gasteiger partial charge in [-0.3, -0.25) is 0 Å². The van der Waals surface area contributed by atoms with Gasteiger partial charge in [-0.2, -0.15) is 0 Å². The van der Waals surface area contributed by atoms with E-state index in [2.05, 4.69) is 0 Å². The van der Waals surface area contributed by atoms with Crippen molar-refractivity contribution in [2.24, 2.45) is 0 Å². The second-order valence-corrected chi connectivity index (χ2v) is 16.4. The van der Waals surface area contributed by atoms with Crippen molar-refractivity contribution >= 4 is 0 Å². The molecule has 0 spiro atoms. The molecule has 6 aromatic rings. The fraction of sp³-hybridized carbons (Fsp3) is 0.321. The summed E-state index contributed by atoms with van der Waals surface area (Å²) in [6.45, 7) is 1.87. The topological polar surface area (TPSA) is 92.3 Å². The molecule has 0 aromatic heterocycles. The third-order valence-electron chi connectivity index (χ3n) is 11.7. The smallest absolute Gasteiger partial charge is 0.186 e. The van der Waals surface area contributed by atoms with Gasteiger partial charge < -0.3 is 47.4 Å². The van der Waals surface area contributed by atoms with Crippen LogP contribution in [0.2, 0.25) is 0 Å². The van der Waals surface area contributed by atoms with Gasteiger partial charge in [-0.15, -0.1) is 0 Å². The zero-order valence-corrected chi connectivity index (χ0v) is 37.6. The van der Waals surface area contributed by atoms with E-state index < -0.39 is 61.4 Å². The van der Waals surface area contributed by atoms with Crippen LogP contribution in [0.3, 0.4) is 0 Å². The molecule has 0 bridgehead atoms. The normalized spacial score (nSPS) is 25.5. The van der Waals surface area contributed by atoms with E-state index >= 15 is 0 Å². The van der Waals surface area contributed by atoms with Crippen LogP contribution in [0.5, 0.6) is 0 Å². The first-order valence-corrected chi connectivity index (χ1v) is 22.6. The van der Waals surface area contributed by atoms with Gasteiger partial charge in [0.25, 0.3) is 0 Å². The summed E-state index contributed by atoms with van der Waals surface area (Å²) in [7, 11) is 3.24. The Kier molecular flexibility index (Phi) is 17.8. The van der Waals surface area contributed by atoms with Crippen molar-refractivity contribution in [2.45, 2.75) is 101 Å².